The lowest BCUT2D eigenvalue weighted by Crippen LogP contribution is -2.55. The Morgan fingerprint density at radius 1 is 1.03 bits per heavy atom. The summed E-state index contributed by atoms with van der Waals surface area (Å²) < 4.78 is 18.4. The van der Waals surface area contributed by atoms with E-state index >= 15 is 0 Å². The first-order chi connectivity index (χ1) is 17.1. The summed E-state index contributed by atoms with van der Waals surface area (Å²) in [5.74, 6) is 1.85. The molecule has 2 aliphatic rings. The van der Waals surface area contributed by atoms with Crippen molar-refractivity contribution in [2.75, 3.05) is 45.6 Å². The second-order valence-electron chi connectivity index (χ2n) is 7.90. The Hall–Kier alpha value is -3.80. The van der Waals surface area contributed by atoms with Gasteiger partial charge in [-0.2, -0.15) is 4.68 Å². The van der Waals surface area contributed by atoms with Crippen molar-refractivity contribution in [3.63, 3.8) is 0 Å². The van der Waals surface area contributed by atoms with Gasteiger partial charge in [0.2, 0.25) is 17.2 Å². The molecule has 5 rings (SSSR count). The third-order valence-electron chi connectivity index (χ3n) is 5.81. The van der Waals surface area contributed by atoms with E-state index in [1.165, 1.54) is 11.8 Å². The smallest absolute Gasteiger partial charge is 0.267 e. The van der Waals surface area contributed by atoms with Crippen LogP contribution in [0.2, 0.25) is 0 Å². The SMILES string of the molecule is COc1ccccc1-n1nnnc1SCC(=O)N1CCN(C(=O)C2COc3ccccc3O2)CC1. The van der Waals surface area contributed by atoms with Crippen molar-refractivity contribution in [2.24, 2.45) is 0 Å². The fourth-order valence-corrected chi connectivity index (χ4v) is 4.75. The molecule has 2 amide bonds. The number of fused-ring (bicyclic) bond motifs is 1. The number of tetrazole rings is 1. The van der Waals surface area contributed by atoms with E-state index in [2.05, 4.69) is 15.5 Å². The Labute approximate surface area is 205 Å². The zero-order valence-corrected chi connectivity index (χ0v) is 19.9. The number of aromatic nitrogens is 4. The number of piperazine rings is 1. The highest BCUT2D eigenvalue weighted by Gasteiger charge is 2.33. The summed E-state index contributed by atoms with van der Waals surface area (Å²) in [6, 6.07) is 14.7. The van der Waals surface area contributed by atoms with Gasteiger partial charge in [0.1, 0.15) is 18.0 Å². The molecule has 0 N–H and O–H groups in total. The molecule has 11 nitrogen and oxygen atoms in total. The fourth-order valence-electron chi connectivity index (χ4n) is 3.96. The monoisotopic (exact) mass is 496 g/mol. The molecule has 0 saturated carbocycles. The summed E-state index contributed by atoms with van der Waals surface area (Å²) in [5.41, 5.74) is 0.693. The molecular weight excluding hydrogens is 472 g/mol. The number of carbonyl (C=O) groups is 2. The van der Waals surface area contributed by atoms with Crippen molar-refractivity contribution in [2.45, 2.75) is 11.3 Å². The van der Waals surface area contributed by atoms with Crippen LogP contribution in [0.4, 0.5) is 0 Å². The number of rotatable bonds is 6. The van der Waals surface area contributed by atoms with Crippen molar-refractivity contribution in [3.8, 4) is 22.9 Å². The molecule has 2 aromatic carbocycles. The number of carbonyl (C=O) groups excluding carboxylic acids is 2. The molecule has 3 heterocycles. The second kappa shape index (κ2) is 10.2. The zero-order valence-electron chi connectivity index (χ0n) is 19.1. The lowest BCUT2D eigenvalue weighted by atomic mass is 10.2. The van der Waals surface area contributed by atoms with E-state index in [1.54, 1.807) is 27.7 Å². The van der Waals surface area contributed by atoms with Gasteiger partial charge in [-0.15, -0.1) is 5.10 Å². The van der Waals surface area contributed by atoms with Gasteiger partial charge in [-0.1, -0.05) is 36.0 Å². The number of para-hydroxylation sites is 4. The number of nitrogens with zero attached hydrogens (tertiary/aromatic N) is 6. The van der Waals surface area contributed by atoms with Crippen LogP contribution in [0, 0.1) is 0 Å². The molecule has 0 spiro atoms. The molecular formula is C23H24N6O5S. The predicted octanol–water partition coefficient (Wildman–Crippen LogP) is 1.27. The molecule has 1 saturated heterocycles. The number of amides is 2. The maximum absolute atomic E-state index is 12.9. The van der Waals surface area contributed by atoms with Crippen LogP contribution in [0.1, 0.15) is 0 Å². The lowest BCUT2D eigenvalue weighted by Gasteiger charge is -2.37. The molecule has 1 aromatic heterocycles. The summed E-state index contributed by atoms with van der Waals surface area (Å²) in [4.78, 5) is 29.2. The maximum Gasteiger partial charge on any atom is 0.267 e. The molecule has 0 radical (unpaired) electrons. The van der Waals surface area contributed by atoms with Gasteiger partial charge in [-0.05, 0) is 34.7 Å². The van der Waals surface area contributed by atoms with E-state index in [-0.39, 0.29) is 24.2 Å². The number of hydrogen-bond donors (Lipinski definition) is 0. The Balaban J connectivity index is 1.13. The average molecular weight is 497 g/mol. The van der Waals surface area contributed by atoms with Gasteiger partial charge in [0.25, 0.3) is 5.91 Å². The second-order valence-corrected chi connectivity index (χ2v) is 8.85. The van der Waals surface area contributed by atoms with Crippen molar-refractivity contribution < 1.29 is 23.8 Å². The van der Waals surface area contributed by atoms with Crippen LogP contribution in [0.15, 0.2) is 53.7 Å². The third-order valence-corrected chi connectivity index (χ3v) is 6.71. The zero-order chi connectivity index (χ0) is 24.2. The lowest BCUT2D eigenvalue weighted by molar-refractivity contribution is -0.145. The molecule has 3 aromatic rings. The van der Waals surface area contributed by atoms with E-state index in [9.17, 15) is 9.59 Å². The van der Waals surface area contributed by atoms with Crippen molar-refractivity contribution in [3.05, 3.63) is 48.5 Å². The van der Waals surface area contributed by atoms with E-state index in [0.29, 0.717) is 54.3 Å². The van der Waals surface area contributed by atoms with Crippen molar-refractivity contribution in [1.29, 1.82) is 0 Å². The standard InChI is InChI=1S/C23H24N6O5S/c1-32-17-7-3-2-6-16(17)29-23(24-25-26-29)35-15-21(30)27-10-12-28(13-11-27)22(31)20-14-33-18-8-4-5-9-19(18)34-20/h2-9,20H,10-15H2,1H3. The van der Waals surface area contributed by atoms with Crippen LogP contribution >= 0.6 is 11.8 Å². The van der Waals surface area contributed by atoms with Crippen LogP contribution in [-0.2, 0) is 9.59 Å². The van der Waals surface area contributed by atoms with Crippen LogP contribution in [-0.4, -0.2) is 93.6 Å². The average Bonchev–Trinajstić information content (AvgIpc) is 3.39. The topological polar surface area (TPSA) is 112 Å². The highest BCUT2D eigenvalue weighted by atomic mass is 32.2. The van der Waals surface area contributed by atoms with Gasteiger partial charge in [0.05, 0.1) is 12.9 Å². The van der Waals surface area contributed by atoms with E-state index in [0.717, 1.165) is 0 Å². The van der Waals surface area contributed by atoms with Gasteiger partial charge < -0.3 is 24.0 Å². The van der Waals surface area contributed by atoms with E-state index in [4.69, 9.17) is 14.2 Å². The molecule has 1 fully saturated rings. The largest absolute Gasteiger partial charge is 0.494 e. The molecule has 0 bridgehead atoms. The van der Waals surface area contributed by atoms with Crippen LogP contribution in [0.25, 0.3) is 5.69 Å². The minimum Gasteiger partial charge on any atom is -0.494 e. The summed E-state index contributed by atoms with van der Waals surface area (Å²) >= 11 is 1.26. The van der Waals surface area contributed by atoms with Gasteiger partial charge in [0.15, 0.2) is 11.5 Å². The molecule has 0 aliphatic carbocycles. The van der Waals surface area contributed by atoms with Gasteiger partial charge in [0, 0.05) is 26.2 Å². The molecule has 1 atom stereocenters. The molecule has 182 valence electrons. The molecule has 1 unspecified atom stereocenters. The van der Waals surface area contributed by atoms with Crippen LogP contribution in [0.3, 0.4) is 0 Å². The minimum absolute atomic E-state index is 0.0390. The third kappa shape index (κ3) is 4.87. The summed E-state index contributed by atoms with van der Waals surface area (Å²) in [6.07, 6.45) is -0.684. The Morgan fingerprint density at radius 2 is 1.74 bits per heavy atom. The quantitative estimate of drug-likeness (QED) is 0.466. The highest BCUT2D eigenvalue weighted by molar-refractivity contribution is 7.99. The first-order valence-corrected chi connectivity index (χ1v) is 12.1. The fraction of sp³-hybridized carbons (Fsp3) is 0.348. The Morgan fingerprint density at radius 3 is 2.54 bits per heavy atom. The van der Waals surface area contributed by atoms with Crippen LogP contribution < -0.4 is 14.2 Å². The minimum atomic E-state index is -0.684. The highest BCUT2D eigenvalue weighted by Crippen LogP contribution is 2.31. The summed E-state index contributed by atoms with van der Waals surface area (Å²) in [5, 5.41) is 12.3. The van der Waals surface area contributed by atoms with Crippen molar-refractivity contribution >= 4 is 23.6 Å². The number of thioether (sulfide) groups is 1. The van der Waals surface area contributed by atoms with E-state index in [1.807, 2.05) is 42.5 Å². The van der Waals surface area contributed by atoms with Gasteiger partial charge >= 0.3 is 0 Å². The predicted molar refractivity (Wildman–Crippen MR) is 126 cm³/mol. The van der Waals surface area contributed by atoms with E-state index < -0.39 is 6.10 Å². The number of hydrogen-bond acceptors (Lipinski definition) is 9. The molecule has 12 heteroatoms. The van der Waals surface area contributed by atoms with Crippen LogP contribution in [0.5, 0.6) is 17.2 Å². The van der Waals surface area contributed by atoms with Gasteiger partial charge in [-0.3, -0.25) is 9.59 Å². The summed E-state index contributed by atoms with van der Waals surface area (Å²) in [6.45, 7) is 1.96. The maximum atomic E-state index is 12.9. The molecule has 2 aliphatic heterocycles. The number of methoxy groups -OCH3 is 1. The normalized spacial score (nSPS) is 17.2. The van der Waals surface area contributed by atoms with Crippen molar-refractivity contribution in [1.82, 2.24) is 30.0 Å². The number of benzene rings is 2. The Kier molecular flexibility index (Phi) is 6.70. The first-order valence-electron chi connectivity index (χ1n) is 11.1. The Bertz CT molecular complexity index is 1210. The van der Waals surface area contributed by atoms with Gasteiger partial charge in [-0.25, -0.2) is 0 Å². The summed E-state index contributed by atoms with van der Waals surface area (Å²) in [7, 11) is 1.58. The number of ether oxygens (including phenoxy) is 3. The first kappa shape index (κ1) is 23.0. The molecule has 35 heavy (non-hydrogen) atoms.